The minimum atomic E-state index is -0.0561. The molecule has 3 rings (SSSR count). The van der Waals surface area contributed by atoms with Crippen LogP contribution in [0.3, 0.4) is 0 Å². The molecule has 1 amide bonds. The van der Waals surface area contributed by atoms with E-state index in [-0.39, 0.29) is 11.9 Å². The lowest BCUT2D eigenvalue weighted by Gasteiger charge is -2.34. The van der Waals surface area contributed by atoms with Gasteiger partial charge in [-0.2, -0.15) is 0 Å². The maximum atomic E-state index is 12.8. The highest BCUT2D eigenvalue weighted by molar-refractivity contribution is 5.91. The summed E-state index contributed by atoms with van der Waals surface area (Å²) in [6, 6.07) is 11.5. The zero-order chi connectivity index (χ0) is 17.8. The smallest absolute Gasteiger partial charge is 0.289 e. The first-order valence-corrected chi connectivity index (χ1v) is 8.86. The summed E-state index contributed by atoms with van der Waals surface area (Å²) in [5, 5.41) is 0. The fourth-order valence-electron chi connectivity index (χ4n) is 3.23. The van der Waals surface area contributed by atoms with E-state index >= 15 is 0 Å². The van der Waals surface area contributed by atoms with E-state index in [0.717, 1.165) is 36.5 Å². The second-order valence-corrected chi connectivity index (χ2v) is 6.81. The third kappa shape index (κ3) is 4.23. The van der Waals surface area contributed by atoms with Gasteiger partial charge in [0, 0.05) is 24.7 Å². The van der Waals surface area contributed by atoms with Gasteiger partial charge in [0.15, 0.2) is 5.76 Å². The first-order valence-electron chi connectivity index (χ1n) is 8.86. The van der Waals surface area contributed by atoms with Gasteiger partial charge in [-0.25, -0.2) is 0 Å². The van der Waals surface area contributed by atoms with E-state index in [1.54, 1.807) is 6.07 Å². The zero-order valence-corrected chi connectivity index (χ0v) is 14.9. The summed E-state index contributed by atoms with van der Waals surface area (Å²) in [7, 11) is 0. The molecular formula is C20H26N2O3. The lowest BCUT2D eigenvalue weighted by Crippen LogP contribution is -2.44. The third-order valence-corrected chi connectivity index (χ3v) is 4.86. The Hall–Kier alpha value is -2.27. The van der Waals surface area contributed by atoms with Gasteiger partial charge in [-0.1, -0.05) is 18.2 Å². The number of nitrogens with zero attached hydrogens (tertiary/aromatic N) is 1. The monoisotopic (exact) mass is 342 g/mol. The number of likely N-dealkylation sites (tertiary alicyclic amines) is 1. The number of piperidine rings is 1. The lowest BCUT2D eigenvalue weighted by atomic mass is 9.92. The number of amides is 1. The van der Waals surface area contributed by atoms with Crippen molar-refractivity contribution in [1.29, 1.82) is 0 Å². The Morgan fingerprint density at radius 1 is 1.40 bits per heavy atom. The van der Waals surface area contributed by atoms with Crippen molar-refractivity contribution < 1.29 is 13.9 Å². The number of nitrogens with two attached hydrogens (primary N) is 1. The molecule has 1 aliphatic rings. The number of benzene rings is 1. The molecule has 2 heterocycles. The zero-order valence-electron chi connectivity index (χ0n) is 14.9. The summed E-state index contributed by atoms with van der Waals surface area (Å²) in [6.45, 7) is 5.72. The number of rotatable bonds is 5. The summed E-state index contributed by atoms with van der Waals surface area (Å²) in [5.41, 5.74) is 6.91. The van der Waals surface area contributed by atoms with Crippen molar-refractivity contribution in [2.75, 3.05) is 13.1 Å². The minimum absolute atomic E-state index is 0.0561. The number of hydrogen-bond acceptors (Lipinski definition) is 4. The van der Waals surface area contributed by atoms with Crippen LogP contribution in [0, 0.1) is 12.8 Å². The van der Waals surface area contributed by atoms with Crippen molar-refractivity contribution in [3.63, 3.8) is 0 Å². The minimum Gasteiger partial charge on any atom is -0.489 e. The number of carbonyl (C=O) groups is 1. The molecule has 2 aromatic rings. The molecule has 0 bridgehead atoms. The van der Waals surface area contributed by atoms with Gasteiger partial charge in [0.1, 0.15) is 18.1 Å². The van der Waals surface area contributed by atoms with Gasteiger partial charge in [-0.3, -0.25) is 4.79 Å². The average Bonchev–Trinajstić information content (AvgIpc) is 3.01. The molecule has 134 valence electrons. The molecule has 5 nitrogen and oxygen atoms in total. The quantitative estimate of drug-likeness (QED) is 0.904. The first-order chi connectivity index (χ1) is 12.0. The molecule has 1 saturated heterocycles. The van der Waals surface area contributed by atoms with E-state index in [1.807, 2.05) is 49.1 Å². The number of ether oxygens (including phenoxy) is 1. The van der Waals surface area contributed by atoms with Crippen LogP contribution in [0.25, 0.3) is 0 Å². The van der Waals surface area contributed by atoms with Crippen molar-refractivity contribution in [3.05, 3.63) is 53.5 Å². The van der Waals surface area contributed by atoms with Crippen LogP contribution in [-0.4, -0.2) is 29.9 Å². The number of carbonyl (C=O) groups excluding carboxylic acids is 1. The van der Waals surface area contributed by atoms with E-state index in [4.69, 9.17) is 14.9 Å². The molecule has 1 aromatic heterocycles. The van der Waals surface area contributed by atoms with E-state index in [2.05, 4.69) is 0 Å². The Labute approximate surface area is 148 Å². The number of hydrogen-bond donors (Lipinski definition) is 1. The van der Waals surface area contributed by atoms with E-state index in [0.29, 0.717) is 24.8 Å². The standard InChI is InChI=1S/C20H26N2O3/c1-14(21)16-7-6-10-22(12-16)20(23)19-11-17(15(2)25-19)13-24-18-8-4-3-5-9-18/h3-5,8-9,11,14,16H,6-7,10,12-13,21H2,1-2H3. The molecule has 1 aromatic carbocycles. The van der Waals surface area contributed by atoms with Crippen molar-refractivity contribution in [1.82, 2.24) is 4.90 Å². The summed E-state index contributed by atoms with van der Waals surface area (Å²) in [6.07, 6.45) is 2.07. The second-order valence-electron chi connectivity index (χ2n) is 6.81. The van der Waals surface area contributed by atoms with Crippen LogP contribution in [-0.2, 0) is 6.61 Å². The van der Waals surface area contributed by atoms with Crippen molar-refractivity contribution in [2.45, 2.75) is 39.3 Å². The Morgan fingerprint density at radius 2 is 2.16 bits per heavy atom. The topological polar surface area (TPSA) is 68.7 Å². The molecule has 2 unspecified atom stereocenters. The van der Waals surface area contributed by atoms with Gasteiger partial charge in [-0.15, -0.1) is 0 Å². The second kappa shape index (κ2) is 7.74. The normalized spacial score (nSPS) is 18.8. The van der Waals surface area contributed by atoms with Crippen molar-refractivity contribution >= 4 is 5.91 Å². The van der Waals surface area contributed by atoms with E-state index in [1.165, 1.54) is 0 Å². The molecule has 2 atom stereocenters. The Morgan fingerprint density at radius 3 is 2.88 bits per heavy atom. The summed E-state index contributed by atoms with van der Waals surface area (Å²) in [5.74, 6) is 2.20. The Bertz CT molecular complexity index is 709. The van der Waals surface area contributed by atoms with Crippen LogP contribution >= 0.6 is 0 Å². The first kappa shape index (κ1) is 17.5. The highest BCUT2D eigenvalue weighted by Crippen LogP contribution is 2.23. The molecule has 25 heavy (non-hydrogen) atoms. The maximum absolute atomic E-state index is 12.8. The SMILES string of the molecule is Cc1oc(C(=O)N2CCCC(C(C)N)C2)cc1COc1ccccc1. The Balaban J connectivity index is 1.65. The average molecular weight is 342 g/mol. The molecule has 0 saturated carbocycles. The summed E-state index contributed by atoms with van der Waals surface area (Å²) in [4.78, 5) is 14.6. The highest BCUT2D eigenvalue weighted by Gasteiger charge is 2.28. The van der Waals surface area contributed by atoms with Crippen LogP contribution in [0.5, 0.6) is 5.75 Å². The number of aryl methyl sites for hydroxylation is 1. The van der Waals surface area contributed by atoms with Crippen molar-refractivity contribution in [2.24, 2.45) is 11.7 Å². The molecule has 1 aliphatic heterocycles. The molecule has 0 aliphatic carbocycles. The predicted molar refractivity (Wildman–Crippen MR) is 96.5 cm³/mol. The van der Waals surface area contributed by atoms with Crippen LogP contribution in [0.4, 0.5) is 0 Å². The molecule has 2 N–H and O–H groups in total. The molecule has 1 fully saturated rings. The van der Waals surface area contributed by atoms with Gasteiger partial charge in [0.2, 0.25) is 0 Å². The van der Waals surface area contributed by atoms with Gasteiger partial charge in [-0.05, 0) is 50.8 Å². The van der Waals surface area contributed by atoms with E-state index < -0.39 is 0 Å². The molecule has 0 spiro atoms. The fourth-order valence-corrected chi connectivity index (χ4v) is 3.23. The fraction of sp³-hybridized carbons (Fsp3) is 0.450. The van der Waals surface area contributed by atoms with Crippen LogP contribution in [0.1, 0.15) is 41.6 Å². The van der Waals surface area contributed by atoms with Crippen LogP contribution < -0.4 is 10.5 Å². The maximum Gasteiger partial charge on any atom is 0.289 e. The summed E-state index contributed by atoms with van der Waals surface area (Å²) < 4.78 is 11.5. The third-order valence-electron chi connectivity index (χ3n) is 4.86. The van der Waals surface area contributed by atoms with Crippen molar-refractivity contribution in [3.8, 4) is 5.75 Å². The molecule has 0 radical (unpaired) electrons. The lowest BCUT2D eigenvalue weighted by molar-refractivity contribution is 0.0627. The van der Waals surface area contributed by atoms with E-state index in [9.17, 15) is 4.79 Å². The van der Waals surface area contributed by atoms with Gasteiger partial charge < -0.3 is 19.8 Å². The number of furan rings is 1. The van der Waals surface area contributed by atoms with Gasteiger partial charge >= 0.3 is 0 Å². The van der Waals surface area contributed by atoms with Gasteiger partial charge in [0.25, 0.3) is 5.91 Å². The Kier molecular flexibility index (Phi) is 5.43. The molecular weight excluding hydrogens is 316 g/mol. The summed E-state index contributed by atoms with van der Waals surface area (Å²) >= 11 is 0. The highest BCUT2D eigenvalue weighted by atomic mass is 16.5. The van der Waals surface area contributed by atoms with Crippen LogP contribution in [0.2, 0.25) is 0 Å². The molecule has 5 heteroatoms. The predicted octanol–water partition coefficient (Wildman–Crippen LogP) is 3.37. The van der Waals surface area contributed by atoms with Crippen LogP contribution in [0.15, 0.2) is 40.8 Å². The number of para-hydroxylation sites is 1. The van der Waals surface area contributed by atoms with Gasteiger partial charge in [0.05, 0.1) is 0 Å². The largest absolute Gasteiger partial charge is 0.489 e.